The second-order valence-corrected chi connectivity index (χ2v) is 7.72. The summed E-state index contributed by atoms with van der Waals surface area (Å²) in [5, 5.41) is 5.89. The zero-order chi connectivity index (χ0) is 19.2. The van der Waals surface area contributed by atoms with Gasteiger partial charge < -0.3 is 10.6 Å². The van der Waals surface area contributed by atoms with E-state index in [2.05, 4.69) is 15.4 Å². The molecule has 0 heterocycles. The Hall–Kier alpha value is -2.09. The van der Waals surface area contributed by atoms with Crippen molar-refractivity contribution in [1.82, 2.24) is 10.6 Å². The number of benzene rings is 2. The molecule has 0 atom stereocenters. The van der Waals surface area contributed by atoms with Crippen LogP contribution in [0.3, 0.4) is 0 Å². The van der Waals surface area contributed by atoms with Crippen LogP contribution in [0.25, 0.3) is 0 Å². The highest BCUT2D eigenvalue weighted by Gasteiger charge is 2.15. The van der Waals surface area contributed by atoms with E-state index >= 15 is 0 Å². The van der Waals surface area contributed by atoms with Crippen molar-refractivity contribution in [2.24, 2.45) is 0 Å². The molecule has 0 unspecified atom stereocenters. The molecule has 0 fully saturated rings. The fourth-order valence-electron chi connectivity index (χ4n) is 2.35. The van der Waals surface area contributed by atoms with Crippen molar-refractivity contribution >= 4 is 34.0 Å². The number of likely N-dealkylation sites (N-methyl/N-ethyl adjacent to an activating group) is 1. The minimum absolute atomic E-state index is 0. The van der Waals surface area contributed by atoms with E-state index in [9.17, 15) is 13.2 Å². The molecule has 0 aliphatic heterocycles. The van der Waals surface area contributed by atoms with E-state index in [4.69, 9.17) is 0 Å². The number of halogens is 1. The second-order valence-electron chi connectivity index (χ2n) is 6.04. The Bertz CT molecular complexity index is 868. The topological polar surface area (TPSA) is 87.3 Å². The van der Waals surface area contributed by atoms with Crippen molar-refractivity contribution in [3.63, 3.8) is 0 Å². The van der Waals surface area contributed by atoms with E-state index in [1.54, 1.807) is 12.1 Å². The number of hydrogen-bond acceptors (Lipinski definition) is 4. The first kappa shape index (κ1) is 23.0. The number of sulfonamides is 1. The van der Waals surface area contributed by atoms with Crippen molar-refractivity contribution in [3.05, 3.63) is 59.2 Å². The normalized spacial score (nSPS) is 10.8. The minimum atomic E-state index is -3.70. The zero-order valence-electron chi connectivity index (χ0n) is 15.7. The van der Waals surface area contributed by atoms with E-state index < -0.39 is 10.0 Å². The molecule has 0 bridgehead atoms. The lowest BCUT2D eigenvalue weighted by molar-refractivity contribution is 0.0954. The van der Waals surface area contributed by atoms with Gasteiger partial charge in [0.05, 0.1) is 4.90 Å². The van der Waals surface area contributed by atoms with Crippen LogP contribution in [0.15, 0.2) is 47.4 Å². The van der Waals surface area contributed by atoms with Crippen LogP contribution in [0.2, 0.25) is 0 Å². The van der Waals surface area contributed by atoms with Crippen LogP contribution in [0, 0.1) is 13.8 Å². The van der Waals surface area contributed by atoms with Crippen molar-refractivity contribution in [2.75, 3.05) is 24.4 Å². The highest BCUT2D eigenvalue weighted by molar-refractivity contribution is 7.92. The summed E-state index contributed by atoms with van der Waals surface area (Å²) >= 11 is 0. The minimum Gasteiger partial charge on any atom is -0.351 e. The molecule has 8 heteroatoms. The lowest BCUT2D eigenvalue weighted by Crippen LogP contribution is -2.31. The molecular formula is C19H26ClN3O3S. The summed E-state index contributed by atoms with van der Waals surface area (Å²) in [4.78, 5) is 12.1. The van der Waals surface area contributed by atoms with Crippen molar-refractivity contribution in [3.8, 4) is 0 Å². The number of nitrogens with one attached hydrogen (secondary N) is 3. The van der Waals surface area contributed by atoms with E-state index in [-0.39, 0.29) is 23.2 Å². The van der Waals surface area contributed by atoms with Gasteiger partial charge in [0.15, 0.2) is 0 Å². The predicted octanol–water partition coefficient (Wildman–Crippen LogP) is 2.87. The molecule has 6 nitrogen and oxygen atoms in total. The molecular weight excluding hydrogens is 386 g/mol. The summed E-state index contributed by atoms with van der Waals surface area (Å²) in [5.74, 6) is -0.228. The number of carbonyl (C=O) groups excluding carboxylic acids is 1. The fourth-order valence-corrected chi connectivity index (χ4v) is 3.40. The molecule has 1 amide bonds. The van der Waals surface area contributed by atoms with Crippen molar-refractivity contribution < 1.29 is 13.2 Å². The van der Waals surface area contributed by atoms with Gasteiger partial charge in [-0.05, 0) is 67.9 Å². The summed E-state index contributed by atoms with van der Waals surface area (Å²) in [6.07, 6.45) is 0. The average Bonchev–Trinajstić information content (AvgIpc) is 2.61. The van der Waals surface area contributed by atoms with Crippen LogP contribution in [0.1, 0.15) is 28.4 Å². The van der Waals surface area contributed by atoms with Crippen LogP contribution in [0.4, 0.5) is 5.69 Å². The molecule has 0 aliphatic rings. The van der Waals surface area contributed by atoms with Crippen LogP contribution in [-0.4, -0.2) is 34.0 Å². The maximum Gasteiger partial charge on any atom is 0.261 e. The lowest BCUT2D eigenvalue weighted by atomic mass is 10.1. The largest absolute Gasteiger partial charge is 0.351 e. The predicted molar refractivity (Wildman–Crippen MR) is 111 cm³/mol. The lowest BCUT2D eigenvalue weighted by Gasteiger charge is -2.10. The molecule has 27 heavy (non-hydrogen) atoms. The first-order valence-electron chi connectivity index (χ1n) is 8.52. The third kappa shape index (κ3) is 6.53. The molecule has 0 aromatic heterocycles. The van der Waals surface area contributed by atoms with Gasteiger partial charge in [-0.3, -0.25) is 9.52 Å². The van der Waals surface area contributed by atoms with Gasteiger partial charge in [0.25, 0.3) is 15.9 Å². The molecule has 3 N–H and O–H groups in total. The monoisotopic (exact) mass is 411 g/mol. The van der Waals surface area contributed by atoms with Gasteiger partial charge in [-0.1, -0.05) is 13.0 Å². The molecule has 0 radical (unpaired) electrons. The molecule has 0 aliphatic carbocycles. The Labute approximate surface area is 167 Å². The molecule has 0 saturated carbocycles. The number of rotatable bonds is 8. The van der Waals surface area contributed by atoms with Gasteiger partial charge >= 0.3 is 0 Å². The summed E-state index contributed by atoms with van der Waals surface area (Å²) in [7, 11) is -3.70. The Morgan fingerprint density at radius 1 is 0.963 bits per heavy atom. The molecule has 0 spiro atoms. The number of amides is 1. The maximum atomic E-state index is 12.5. The van der Waals surface area contributed by atoms with Crippen LogP contribution < -0.4 is 15.4 Å². The van der Waals surface area contributed by atoms with Gasteiger partial charge in [-0.15, -0.1) is 12.4 Å². The zero-order valence-corrected chi connectivity index (χ0v) is 17.3. The Kier molecular flexibility index (Phi) is 8.75. The Balaban J connectivity index is 0.00000364. The van der Waals surface area contributed by atoms with Crippen LogP contribution in [0.5, 0.6) is 0 Å². The summed E-state index contributed by atoms with van der Waals surface area (Å²) in [5.41, 5.74) is 3.04. The number of hydrogen-bond donors (Lipinski definition) is 3. The van der Waals surface area contributed by atoms with Gasteiger partial charge in [0.1, 0.15) is 0 Å². The third-order valence-electron chi connectivity index (χ3n) is 4.02. The molecule has 2 rings (SSSR count). The van der Waals surface area contributed by atoms with Crippen LogP contribution >= 0.6 is 12.4 Å². The molecule has 148 valence electrons. The van der Waals surface area contributed by atoms with Gasteiger partial charge in [0.2, 0.25) is 0 Å². The smallest absolute Gasteiger partial charge is 0.261 e. The SMILES string of the molecule is CCNCCNC(=O)c1ccc(S(=O)(=O)Nc2ccc(C)c(C)c2)cc1.Cl. The Morgan fingerprint density at radius 3 is 2.22 bits per heavy atom. The second kappa shape index (κ2) is 10.3. The highest BCUT2D eigenvalue weighted by atomic mass is 35.5. The standard InChI is InChI=1S/C19H25N3O3S.ClH/c1-4-20-11-12-21-19(23)16-6-9-18(10-7-16)26(24,25)22-17-8-5-14(2)15(3)13-17;/h5-10,13,20,22H,4,11-12H2,1-3H3,(H,21,23);1H. The van der Waals surface area contributed by atoms with Crippen molar-refractivity contribution in [1.29, 1.82) is 0 Å². The number of carbonyl (C=O) groups is 1. The van der Waals surface area contributed by atoms with E-state index in [1.165, 1.54) is 24.3 Å². The molecule has 2 aromatic rings. The number of aryl methyl sites for hydroxylation is 2. The highest BCUT2D eigenvalue weighted by Crippen LogP contribution is 2.19. The van der Waals surface area contributed by atoms with E-state index in [1.807, 2.05) is 26.8 Å². The molecule has 2 aromatic carbocycles. The molecule has 0 saturated heterocycles. The average molecular weight is 412 g/mol. The van der Waals surface area contributed by atoms with Crippen molar-refractivity contribution in [2.45, 2.75) is 25.7 Å². The maximum absolute atomic E-state index is 12.5. The quantitative estimate of drug-likeness (QED) is 0.583. The van der Waals surface area contributed by atoms with Gasteiger partial charge in [-0.2, -0.15) is 0 Å². The Morgan fingerprint density at radius 2 is 1.63 bits per heavy atom. The van der Waals surface area contributed by atoms with E-state index in [0.29, 0.717) is 24.3 Å². The fraction of sp³-hybridized carbons (Fsp3) is 0.316. The van der Waals surface area contributed by atoms with Gasteiger partial charge in [-0.25, -0.2) is 8.42 Å². The summed E-state index contributed by atoms with van der Waals surface area (Å²) in [6.45, 7) is 7.94. The summed E-state index contributed by atoms with van der Waals surface area (Å²) < 4.78 is 27.6. The summed E-state index contributed by atoms with van der Waals surface area (Å²) in [6, 6.07) is 11.3. The van der Waals surface area contributed by atoms with Gasteiger partial charge in [0, 0.05) is 24.3 Å². The number of anilines is 1. The third-order valence-corrected chi connectivity index (χ3v) is 5.42. The van der Waals surface area contributed by atoms with E-state index in [0.717, 1.165) is 17.7 Å². The first-order valence-corrected chi connectivity index (χ1v) is 10.0. The van der Waals surface area contributed by atoms with Crippen LogP contribution in [-0.2, 0) is 10.0 Å². The first-order chi connectivity index (χ1) is 12.3.